The molecule has 0 atom stereocenters. The van der Waals surface area contributed by atoms with Crippen molar-refractivity contribution >= 4 is 39.7 Å². The Kier molecular flexibility index (Phi) is 6.07. The van der Waals surface area contributed by atoms with Crippen molar-refractivity contribution in [2.45, 2.75) is 20.3 Å². The molecule has 0 aromatic heterocycles. The lowest BCUT2D eigenvalue weighted by molar-refractivity contribution is 0.608. The Morgan fingerprint density at radius 1 is 1.00 bits per heavy atom. The molecule has 0 rings (SSSR count). The summed E-state index contributed by atoms with van der Waals surface area (Å²) in [6.45, 7) is 4.09. The van der Waals surface area contributed by atoms with Crippen LogP contribution in [0.5, 0.6) is 0 Å². The predicted molar refractivity (Wildman–Crippen MR) is 63.6 cm³/mol. The lowest BCUT2D eigenvalue weighted by Crippen LogP contribution is -2.07. The average molecular weight is 267 g/mol. The molecule has 2 nitrogen and oxygen atoms in total. The van der Waals surface area contributed by atoms with Crippen LogP contribution in [-0.4, -0.2) is 31.4 Å². The van der Waals surface area contributed by atoms with Crippen LogP contribution in [0.3, 0.4) is 0 Å². The number of hydrogen-bond donors (Lipinski definition) is 0. The molecular weight excluding hydrogens is 251 g/mol. The zero-order valence-corrected chi connectivity index (χ0v) is 11.1. The molecule has 0 aromatic rings. The van der Waals surface area contributed by atoms with Crippen LogP contribution < -0.4 is 0 Å². The van der Waals surface area contributed by atoms with Crippen molar-refractivity contribution in [2.75, 3.05) is 23.0 Å². The lowest BCUT2D eigenvalue weighted by atomic mass is 10.6. The van der Waals surface area contributed by atoms with Crippen LogP contribution in [0.15, 0.2) is 0 Å². The van der Waals surface area contributed by atoms with E-state index in [9.17, 15) is 8.42 Å². The second-order valence-electron chi connectivity index (χ2n) is 2.82. The van der Waals surface area contributed by atoms with Gasteiger partial charge in [0.2, 0.25) is 9.05 Å². The van der Waals surface area contributed by atoms with E-state index < -0.39 is 18.3 Å². The van der Waals surface area contributed by atoms with Gasteiger partial charge in [-0.2, -0.15) is 9.24 Å². The molecule has 0 N–H and O–H groups in total. The first-order valence-corrected chi connectivity index (χ1v) is 9.66. The fourth-order valence-electron chi connectivity index (χ4n) is 0.983. The van der Waals surface area contributed by atoms with E-state index >= 15 is 0 Å². The lowest BCUT2D eigenvalue weighted by Gasteiger charge is -2.29. The van der Waals surface area contributed by atoms with Crippen LogP contribution in [0.4, 0.5) is 0 Å². The summed E-state index contributed by atoms with van der Waals surface area (Å²) in [6.07, 6.45) is 0.576. The number of hydrogen-bond acceptors (Lipinski definition) is 2. The zero-order chi connectivity index (χ0) is 10.5. The Hall–Kier alpha value is 0.880. The van der Waals surface area contributed by atoms with Gasteiger partial charge in [0.05, 0.1) is 5.75 Å². The maximum atomic E-state index is 10.6. The predicted octanol–water partition coefficient (Wildman–Crippen LogP) is 2.94. The molecule has 0 saturated heterocycles. The Morgan fingerprint density at radius 3 is 1.77 bits per heavy atom. The molecule has 0 radical (unpaired) electrons. The van der Waals surface area contributed by atoms with E-state index in [-0.39, 0.29) is 5.75 Å². The molecule has 0 bridgehead atoms. The van der Waals surface area contributed by atoms with Crippen molar-refractivity contribution < 1.29 is 8.42 Å². The van der Waals surface area contributed by atoms with Crippen LogP contribution in [-0.2, 0) is 9.05 Å². The van der Waals surface area contributed by atoms with Gasteiger partial charge in [0.25, 0.3) is 0 Å². The fraction of sp³-hybridized carbons (Fsp3) is 1.00. The summed E-state index contributed by atoms with van der Waals surface area (Å²) in [6, 6.07) is 0. The largest absolute Gasteiger partial charge is 0.232 e. The van der Waals surface area contributed by atoms with Crippen molar-refractivity contribution in [3.05, 3.63) is 0 Å². The molecule has 82 valence electrons. The van der Waals surface area contributed by atoms with Gasteiger partial charge in [-0.25, -0.2) is 8.42 Å². The van der Waals surface area contributed by atoms with Crippen molar-refractivity contribution in [1.82, 2.24) is 0 Å². The van der Waals surface area contributed by atoms with E-state index in [1.54, 1.807) is 0 Å². The van der Waals surface area contributed by atoms with E-state index in [0.717, 1.165) is 17.3 Å². The summed E-state index contributed by atoms with van der Waals surface area (Å²) in [4.78, 5) is 0. The monoisotopic (exact) mass is 266 g/mol. The first-order chi connectivity index (χ1) is 5.83. The summed E-state index contributed by atoms with van der Waals surface area (Å²) >= 11 is 0. The van der Waals surface area contributed by atoms with Gasteiger partial charge in [0.1, 0.15) is 0 Å². The summed E-state index contributed by atoms with van der Waals surface area (Å²) < 4.78 is 21.3. The Morgan fingerprint density at radius 2 is 1.46 bits per heavy atom. The SMILES string of the molecule is CCS(Cl)(CC)CCCS(=O)(=O)Cl. The van der Waals surface area contributed by atoms with Gasteiger partial charge in [-0.3, -0.25) is 0 Å². The molecule has 0 saturated carbocycles. The van der Waals surface area contributed by atoms with Gasteiger partial charge in [-0.05, 0) is 23.7 Å². The van der Waals surface area contributed by atoms with Gasteiger partial charge in [0.15, 0.2) is 0 Å². The maximum absolute atomic E-state index is 10.6. The first-order valence-electron chi connectivity index (χ1n) is 4.21. The van der Waals surface area contributed by atoms with Crippen LogP contribution in [0.2, 0.25) is 0 Å². The molecule has 0 amide bonds. The summed E-state index contributed by atoms with van der Waals surface area (Å²) in [5.74, 6) is 2.70. The second kappa shape index (κ2) is 5.69. The second-order valence-corrected chi connectivity index (χ2v) is 11.1. The van der Waals surface area contributed by atoms with E-state index in [1.165, 1.54) is 0 Å². The first kappa shape index (κ1) is 13.9. The molecule has 13 heavy (non-hydrogen) atoms. The van der Waals surface area contributed by atoms with Gasteiger partial charge in [-0.15, -0.1) is 0 Å². The van der Waals surface area contributed by atoms with Gasteiger partial charge >= 0.3 is 0 Å². The topological polar surface area (TPSA) is 34.1 Å². The molecule has 6 heteroatoms. The Balaban J connectivity index is 3.88. The number of rotatable bonds is 6. The highest BCUT2D eigenvalue weighted by atomic mass is 35.7. The summed E-state index contributed by atoms with van der Waals surface area (Å²) in [7, 11) is 6.94. The highest BCUT2D eigenvalue weighted by molar-refractivity contribution is 8.51. The third-order valence-corrected chi connectivity index (χ3v) is 8.03. The third kappa shape index (κ3) is 6.89. The molecule has 0 aliphatic carbocycles. The Bertz CT molecular complexity index is 235. The molecule has 0 heterocycles. The van der Waals surface area contributed by atoms with Gasteiger partial charge < -0.3 is 0 Å². The third-order valence-electron chi connectivity index (χ3n) is 1.93. The Labute approximate surface area is 91.2 Å². The standard InChI is InChI=1S/C7H16Cl2O2S2/c1-3-12(8,4-2)6-5-7-13(9,10)11/h3-7H2,1-2H3. The molecule has 0 unspecified atom stereocenters. The van der Waals surface area contributed by atoms with Crippen LogP contribution in [0.1, 0.15) is 20.3 Å². The van der Waals surface area contributed by atoms with E-state index in [4.69, 9.17) is 21.4 Å². The number of halogens is 2. The quantitative estimate of drug-likeness (QED) is 0.693. The molecule has 0 aliphatic rings. The molecule has 0 spiro atoms. The molecule has 0 fully saturated rings. The highest BCUT2D eigenvalue weighted by Crippen LogP contribution is 2.52. The smallest absolute Gasteiger partial charge is 0.212 e. The zero-order valence-electron chi connectivity index (χ0n) is 7.92. The van der Waals surface area contributed by atoms with Gasteiger partial charge in [-0.1, -0.05) is 24.5 Å². The average Bonchev–Trinajstić information content (AvgIpc) is 2.02. The molecule has 0 aliphatic heterocycles. The van der Waals surface area contributed by atoms with Crippen molar-refractivity contribution in [3.63, 3.8) is 0 Å². The minimum absolute atomic E-state index is 0.0377. The highest BCUT2D eigenvalue weighted by Gasteiger charge is 2.17. The molecular formula is C7H16Cl2O2S2. The van der Waals surface area contributed by atoms with E-state index in [1.807, 2.05) is 13.8 Å². The van der Waals surface area contributed by atoms with Gasteiger partial charge in [0, 0.05) is 10.7 Å². The molecule has 0 aromatic carbocycles. The van der Waals surface area contributed by atoms with Crippen LogP contribution in [0, 0.1) is 0 Å². The minimum atomic E-state index is -3.34. The minimum Gasteiger partial charge on any atom is -0.212 e. The van der Waals surface area contributed by atoms with Crippen molar-refractivity contribution in [3.8, 4) is 0 Å². The normalized spacial score (nSPS) is 14.5. The van der Waals surface area contributed by atoms with Crippen molar-refractivity contribution in [1.29, 1.82) is 0 Å². The summed E-state index contributed by atoms with van der Waals surface area (Å²) in [5, 5.41) is 0. The van der Waals surface area contributed by atoms with E-state index in [2.05, 4.69) is 0 Å². The van der Waals surface area contributed by atoms with Crippen LogP contribution in [0.25, 0.3) is 0 Å². The van der Waals surface area contributed by atoms with Crippen LogP contribution >= 0.6 is 30.6 Å². The van der Waals surface area contributed by atoms with E-state index in [0.29, 0.717) is 6.42 Å². The summed E-state index contributed by atoms with van der Waals surface area (Å²) in [5.41, 5.74) is 0. The fourth-order valence-corrected chi connectivity index (χ4v) is 3.96. The maximum Gasteiger partial charge on any atom is 0.232 e. The van der Waals surface area contributed by atoms with Crippen molar-refractivity contribution in [2.24, 2.45) is 0 Å².